The lowest BCUT2D eigenvalue weighted by Gasteiger charge is -2.37. The van der Waals surface area contributed by atoms with Crippen molar-refractivity contribution in [3.05, 3.63) is 52.2 Å². The maximum atomic E-state index is 14.0. The van der Waals surface area contributed by atoms with E-state index in [9.17, 15) is 14.9 Å². The predicted molar refractivity (Wildman–Crippen MR) is 151 cm³/mol. The minimum atomic E-state index is -0.915. The van der Waals surface area contributed by atoms with Gasteiger partial charge in [0.25, 0.3) is 0 Å². The Kier molecular flexibility index (Phi) is 6.72. The van der Waals surface area contributed by atoms with Gasteiger partial charge in [-0.3, -0.25) is 14.6 Å². The van der Waals surface area contributed by atoms with Crippen LogP contribution in [0.5, 0.6) is 0 Å². The van der Waals surface area contributed by atoms with Crippen LogP contribution in [0.25, 0.3) is 10.8 Å². The topological polar surface area (TPSA) is 111 Å². The van der Waals surface area contributed by atoms with Crippen LogP contribution in [0.4, 0.5) is 5.13 Å². The molecule has 2 fully saturated rings. The van der Waals surface area contributed by atoms with E-state index in [0.29, 0.717) is 17.2 Å². The number of pyridine rings is 1. The molecular formula is C28H31BrN6O2S. The fourth-order valence-corrected chi connectivity index (χ4v) is 7.06. The third-order valence-electron chi connectivity index (χ3n) is 8.06. The summed E-state index contributed by atoms with van der Waals surface area (Å²) in [6, 6.07) is 5.84. The number of nitrogens with one attached hydrogen (secondary N) is 2. The normalized spacial score (nSPS) is 23.3. The number of rotatable bonds is 6. The summed E-state index contributed by atoms with van der Waals surface area (Å²) in [5, 5.41) is 20.6. The number of aromatic nitrogens is 2. The Balaban J connectivity index is 1.45. The Bertz CT molecular complexity index is 1420. The molecule has 1 aliphatic heterocycles. The monoisotopic (exact) mass is 594 g/mol. The molecule has 2 aromatic heterocycles. The largest absolute Gasteiger partial charge is 0.349 e. The van der Waals surface area contributed by atoms with Crippen molar-refractivity contribution in [2.24, 2.45) is 22.7 Å². The zero-order valence-electron chi connectivity index (χ0n) is 22.0. The smallest absolute Gasteiger partial charge is 0.246 e. The average molecular weight is 596 g/mol. The van der Waals surface area contributed by atoms with E-state index in [1.807, 2.05) is 44.4 Å². The second-order valence-corrected chi connectivity index (χ2v) is 13.6. The van der Waals surface area contributed by atoms with Crippen molar-refractivity contribution in [2.45, 2.75) is 52.7 Å². The van der Waals surface area contributed by atoms with Crippen molar-refractivity contribution < 1.29 is 9.59 Å². The number of carbonyl (C=O) groups is 2. The SMILES string of the molecule is CC(C)(C)[C@H](Nc1nccs1)C(=O)N1C[C@H]2[C@@H]([C@H]1C(=O)NC(C#N)c1cncc3cccc(Br)c13)C2(C)C. The Labute approximate surface area is 235 Å². The molecule has 0 radical (unpaired) electrons. The van der Waals surface area contributed by atoms with Crippen LogP contribution in [-0.2, 0) is 9.59 Å². The number of amides is 2. The maximum absolute atomic E-state index is 14.0. The molecule has 5 rings (SSSR count). The molecule has 1 saturated heterocycles. The van der Waals surface area contributed by atoms with Gasteiger partial charge >= 0.3 is 0 Å². The first-order valence-corrected chi connectivity index (χ1v) is 14.3. The lowest BCUT2D eigenvalue weighted by atomic mass is 9.85. The van der Waals surface area contributed by atoms with Crippen LogP contribution in [-0.4, -0.2) is 45.3 Å². The highest BCUT2D eigenvalue weighted by atomic mass is 79.9. The number of piperidine rings is 1. The molecule has 2 amide bonds. The number of carbonyl (C=O) groups excluding carboxylic acids is 2. The number of likely N-dealkylation sites (tertiary alicyclic amines) is 1. The standard InChI is InChI=1S/C28H31BrN6O2S/c1-27(2,3)23(34-26-32-9-10-38-26)25(37)35-14-17-21(28(17,4)5)22(35)24(36)33-19(11-30)16-13-31-12-15-7-6-8-18(29)20(15)16/h6-10,12-13,17,19,21-23H,14H2,1-5H3,(H,32,34)(H,33,36)/t17-,19?,21-,22-,23+/m0/s1. The highest BCUT2D eigenvalue weighted by Crippen LogP contribution is 2.65. The molecule has 38 heavy (non-hydrogen) atoms. The van der Waals surface area contributed by atoms with Gasteiger partial charge in [-0.05, 0) is 28.7 Å². The summed E-state index contributed by atoms with van der Waals surface area (Å²) in [6.45, 7) is 10.8. The van der Waals surface area contributed by atoms with Gasteiger partial charge in [-0.25, -0.2) is 4.98 Å². The summed E-state index contributed by atoms with van der Waals surface area (Å²) in [6.07, 6.45) is 5.05. The summed E-state index contributed by atoms with van der Waals surface area (Å²) in [5.41, 5.74) is 0.152. The molecule has 10 heteroatoms. The van der Waals surface area contributed by atoms with Crippen LogP contribution >= 0.6 is 27.3 Å². The fraction of sp³-hybridized carbons (Fsp3) is 0.464. The number of anilines is 1. The van der Waals surface area contributed by atoms with Crippen molar-refractivity contribution in [2.75, 3.05) is 11.9 Å². The van der Waals surface area contributed by atoms with Crippen molar-refractivity contribution in [1.29, 1.82) is 5.26 Å². The Hall–Kier alpha value is -3.03. The maximum Gasteiger partial charge on any atom is 0.246 e. The molecule has 8 nitrogen and oxygen atoms in total. The number of benzene rings is 1. The van der Waals surface area contributed by atoms with Gasteiger partial charge in [0.2, 0.25) is 11.8 Å². The van der Waals surface area contributed by atoms with E-state index in [0.717, 1.165) is 15.2 Å². The first kappa shape index (κ1) is 26.6. The summed E-state index contributed by atoms with van der Waals surface area (Å²) in [5.74, 6) is -0.173. The van der Waals surface area contributed by atoms with Gasteiger partial charge in [0, 0.05) is 51.3 Å². The number of nitriles is 1. The lowest BCUT2D eigenvalue weighted by Crippen LogP contribution is -2.56. The molecule has 1 unspecified atom stereocenters. The van der Waals surface area contributed by atoms with E-state index in [1.54, 1.807) is 23.5 Å². The van der Waals surface area contributed by atoms with Crippen LogP contribution in [0.1, 0.15) is 46.2 Å². The zero-order chi connectivity index (χ0) is 27.4. The highest BCUT2D eigenvalue weighted by molar-refractivity contribution is 9.10. The van der Waals surface area contributed by atoms with Crippen LogP contribution < -0.4 is 10.6 Å². The summed E-state index contributed by atoms with van der Waals surface area (Å²) < 4.78 is 0.823. The minimum absolute atomic E-state index is 0.0312. The molecule has 5 atom stereocenters. The molecule has 1 aliphatic carbocycles. The highest BCUT2D eigenvalue weighted by Gasteiger charge is 2.69. The van der Waals surface area contributed by atoms with Gasteiger partial charge in [-0.1, -0.05) is 62.7 Å². The van der Waals surface area contributed by atoms with Gasteiger partial charge in [-0.2, -0.15) is 5.26 Å². The quantitative estimate of drug-likeness (QED) is 0.408. The third-order valence-corrected chi connectivity index (χ3v) is 9.43. The molecule has 0 bridgehead atoms. The molecule has 3 aromatic rings. The summed E-state index contributed by atoms with van der Waals surface area (Å²) >= 11 is 5.02. The number of hydrogen-bond acceptors (Lipinski definition) is 7. The second kappa shape index (κ2) is 9.62. The predicted octanol–water partition coefficient (Wildman–Crippen LogP) is 5.14. The van der Waals surface area contributed by atoms with Crippen LogP contribution in [0, 0.1) is 34.0 Å². The van der Waals surface area contributed by atoms with Crippen molar-refractivity contribution in [3.63, 3.8) is 0 Å². The van der Waals surface area contributed by atoms with Crippen LogP contribution in [0.15, 0.2) is 46.6 Å². The van der Waals surface area contributed by atoms with E-state index < -0.39 is 23.5 Å². The van der Waals surface area contributed by atoms with Gasteiger partial charge in [0.05, 0.1) is 6.07 Å². The van der Waals surface area contributed by atoms with Crippen molar-refractivity contribution >= 4 is 55.0 Å². The Morgan fingerprint density at radius 3 is 2.71 bits per heavy atom. The van der Waals surface area contributed by atoms with E-state index in [4.69, 9.17) is 0 Å². The van der Waals surface area contributed by atoms with Crippen LogP contribution in [0.2, 0.25) is 0 Å². The molecule has 3 heterocycles. The van der Waals surface area contributed by atoms with Crippen molar-refractivity contribution in [1.82, 2.24) is 20.2 Å². The number of fused-ring (bicyclic) bond motifs is 2. The summed E-state index contributed by atoms with van der Waals surface area (Å²) in [4.78, 5) is 38.3. The molecule has 2 aliphatic rings. The van der Waals surface area contributed by atoms with Gasteiger partial charge in [0.15, 0.2) is 5.13 Å². The van der Waals surface area contributed by atoms with Crippen LogP contribution in [0.3, 0.4) is 0 Å². The van der Waals surface area contributed by atoms with Gasteiger partial charge in [-0.15, -0.1) is 11.3 Å². The number of halogens is 1. The zero-order valence-corrected chi connectivity index (χ0v) is 24.4. The van der Waals surface area contributed by atoms with E-state index >= 15 is 0 Å². The minimum Gasteiger partial charge on any atom is -0.349 e. The Morgan fingerprint density at radius 2 is 2.05 bits per heavy atom. The second-order valence-electron chi connectivity index (χ2n) is 11.8. The molecule has 1 saturated carbocycles. The van der Waals surface area contributed by atoms with Crippen molar-refractivity contribution in [3.8, 4) is 6.07 Å². The number of nitrogens with zero attached hydrogens (tertiary/aromatic N) is 4. The number of thiazole rings is 1. The molecule has 1 aromatic carbocycles. The van der Waals surface area contributed by atoms with Gasteiger partial charge < -0.3 is 15.5 Å². The lowest BCUT2D eigenvalue weighted by molar-refractivity contribution is -0.142. The average Bonchev–Trinajstić information content (AvgIpc) is 3.30. The fourth-order valence-electron chi connectivity index (χ4n) is 5.89. The first-order chi connectivity index (χ1) is 17.9. The molecule has 0 spiro atoms. The van der Waals surface area contributed by atoms with Gasteiger partial charge in [0.1, 0.15) is 18.1 Å². The number of hydrogen-bond donors (Lipinski definition) is 2. The molecular weight excluding hydrogens is 564 g/mol. The molecule has 2 N–H and O–H groups in total. The first-order valence-electron chi connectivity index (χ1n) is 12.6. The van der Waals surface area contributed by atoms with E-state index in [2.05, 4.69) is 56.4 Å². The summed E-state index contributed by atoms with van der Waals surface area (Å²) in [7, 11) is 0. The molecule has 198 valence electrons. The van der Waals surface area contributed by atoms with E-state index in [1.165, 1.54) is 11.3 Å². The van der Waals surface area contributed by atoms with E-state index in [-0.39, 0.29) is 29.1 Å². The third kappa shape index (κ3) is 4.56. The Morgan fingerprint density at radius 1 is 1.29 bits per heavy atom.